The van der Waals surface area contributed by atoms with Crippen molar-refractivity contribution in [1.82, 2.24) is 0 Å². The monoisotopic (exact) mass is 429 g/mol. The summed E-state index contributed by atoms with van der Waals surface area (Å²) in [5, 5.41) is 3.02. The molecule has 156 valence electrons. The summed E-state index contributed by atoms with van der Waals surface area (Å²) in [7, 11) is 3.90. The zero-order chi connectivity index (χ0) is 21.5. The Hall–Kier alpha value is -3.25. The Morgan fingerprint density at radius 3 is 2.58 bits per heavy atom. The van der Waals surface area contributed by atoms with Gasteiger partial charge in [0.05, 0.1) is 11.3 Å². The first-order chi connectivity index (χ1) is 15.0. The Balaban J connectivity index is 1.48. The lowest BCUT2D eigenvalue weighted by Gasteiger charge is -2.23. The van der Waals surface area contributed by atoms with Crippen molar-refractivity contribution < 1.29 is 9.59 Å². The minimum atomic E-state index is -0.155. The van der Waals surface area contributed by atoms with Crippen molar-refractivity contribution in [2.24, 2.45) is 0 Å². The summed E-state index contributed by atoms with van der Waals surface area (Å²) in [5.74, 6) is -0.0977. The first-order valence-corrected chi connectivity index (χ1v) is 11.2. The second kappa shape index (κ2) is 7.78. The van der Waals surface area contributed by atoms with Crippen molar-refractivity contribution in [3.63, 3.8) is 0 Å². The molecular formula is C25H23N3O2S. The van der Waals surface area contributed by atoms with Crippen LogP contribution in [0.4, 0.5) is 17.1 Å². The Bertz CT molecular complexity index is 1190. The van der Waals surface area contributed by atoms with Gasteiger partial charge in [0.2, 0.25) is 0 Å². The molecule has 5 nitrogen and oxygen atoms in total. The van der Waals surface area contributed by atoms with Crippen molar-refractivity contribution in [2.75, 3.05) is 29.2 Å². The zero-order valence-corrected chi connectivity index (χ0v) is 18.3. The van der Waals surface area contributed by atoms with E-state index in [1.807, 2.05) is 90.6 Å². The van der Waals surface area contributed by atoms with Crippen LogP contribution in [0.5, 0.6) is 0 Å². The van der Waals surface area contributed by atoms with E-state index in [4.69, 9.17) is 0 Å². The van der Waals surface area contributed by atoms with E-state index in [2.05, 4.69) is 5.32 Å². The van der Waals surface area contributed by atoms with Gasteiger partial charge in [-0.15, -0.1) is 0 Å². The second-order valence-corrected chi connectivity index (χ2v) is 9.17. The van der Waals surface area contributed by atoms with Crippen LogP contribution < -0.4 is 15.1 Å². The van der Waals surface area contributed by atoms with Gasteiger partial charge in [-0.05, 0) is 61.4 Å². The molecule has 0 spiro atoms. The standard InChI is InChI=1S/C25H23N3O2S/c1-27(2)19-7-5-6-16(14-19)24(29)26-17-10-13-21-23(15-17)31-22-9-4-3-8-20(22)25(30)28(21)18-11-12-18/h3-10,13-15,18H,11-12H2,1-2H3,(H,26,29). The average molecular weight is 430 g/mol. The minimum absolute atomic E-state index is 0.0571. The van der Waals surface area contributed by atoms with E-state index >= 15 is 0 Å². The van der Waals surface area contributed by atoms with Gasteiger partial charge >= 0.3 is 0 Å². The molecule has 0 bridgehead atoms. The van der Waals surface area contributed by atoms with Gasteiger partial charge in [-0.1, -0.05) is 30.0 Å². The molecule has 1 aliphatic heterocycles. The summed E-state index contributed by atoms with van der Waals surface area (Å²) in [6.45, 7) is 0. The third kappa shape index (κ3) is 3.79. The summed E-state index contributed by atoms with van der Waals surface area (Å²) in [6.07, 6.45) is 2.05. The van der Waals surface area contributed by atoms with Crippen LogP contribution in [0.15, 0.2) is 76.5 Å². The summed E-state index contributed by atoms with van der Waals surface area (Å²) in [6, 6.07) is 21.3. The normalized spacial score (nSPS) is 15.0. The van der Waals surface area contributed by atoms with Crippen LogP contribution in [0.3, 0.4) is 0 Å². The number of hydrogen-bond acceptors (Lipinski definition) is 4. The number of nitrogens with one attached hydrogen (secondary N) is 1. The van der Waals surface area contributed by atoms with Gasteiger partial charge in [-0.2, -0.15) is 0 Å². The van der Waals surface area contributed by atoms with Crippen molar-refractivity contribution in [3.05, 3.63) is 77.9 Å². The molecule has 31 heavy (non-hydrogen) atoms. The van der Waals surface area contributed by atoms with Crippen LogP contribution in [0.2, 0.25) is 0 Å². The van der Waals surface area contributed by atoms with E-state index in [0.29, 0.717) is 11.3 Å². The molecule has 0 unspecified atom stereocenters. The fourth-order valence-electron chi connectivity index (χ4n) is 3.79. The molecule has 5 rings (SSSR count). The van der Waals surface area contributed by atoms with Crippen LogP contribution >= 0.6 is 11.8 Å². The average Bonchev–Trinajstić information content (AvgIpc) is 3.61. The topological polar surface area (TPSA) is 52.7 Å². The number of hydrogen-bond donors (Lipinski definition) is 1. The van der Waals surface area contributed by atoms with Crippen LogP contribution in [-0.2, 0) is 0 Å². The first kappa shape index (κ1) is 19.7. The smallest absolute Gasteiger partial charge is 0.259 e. The van der Waals surface area contributed by atoms with Gasteiger partial charge in [0.15, 0.2) is 0 Å². The van der Waals surface area contributed by atoms with E-state index in [9.17, 15) is 9.59 Å². The van der Waals surface area contributed by atoms with E-state index in [-0.39, 0.29) is 17.9 Å². The van der Waals surface area contributed by atoms with E-state index in [0.717, 1.165) is 39.6 Å². The highest BCUT2D eigenvalue weighted by Gasteiger charge is 2.38. The van der Waals surface area contributed by atoms with Crippen molar-refractivity contribution in [2.45, 2.75) is 28.7 Å². The van der Waals surface area contributed by atoms with Gasteiger partial charge in [-0.3, -0.25) is 9.59 Å². The van der Waals surface area contributed by atoms with Gasteiger partial charge in [0.1, 0.15) is 0 Å². The fourth-order valence-corrected chi connectivity index (χ4v) is 4.89. The molecule has 0 radical (unpaired) electrons. The van der Waals surface area contributed by atoms with Gasteiger partial charge in [0.25, 0.3) is 11.8 Å². The lowest BCUT2D eigenvalue weighted by Crippen LogP contribution is -2.32. The Labute approximate surface area is 186 Å². The fraction of sp³-hybridized carbons (Fsp3) is 0.200. The Kier molecular flexibility index (Phi) is 4.94. The SMILES string of the molecule is CN(C)c1cccc(C(=O)Nc2ccc3c(c2)Sc2ccccc2C(=O)N3C2CC2)c1. The molecule has 3 aromatic rings. The van der Waals surface area contributed by atoms with Gasteiger partial charge < -0.3 is 15.1 Å². The molecule has 1 N–H and O–H groups in total. The van der Waals surface area contributed by atoms with Crippen molar-refractivity contribution in [3.8, 4) is 0 Å². The zero-order valence-electron chi connectivity index (χ0n) is 17.5. The van der Waals surface area contributed by atoms with Gasteiger partial charge in [0, 0.05) is 46.9 Å². The van der Waals surface area contributed by atoms with Crippen LogP contribution in [0, 0.1) is 0 Å². The molecular weight excluding hydrogens is 406 g/mol. The Morgan fingerprint density at radius 2 is 1.81 bits per heavy atom. The summed E-state index contributed by atoms with van der Waals surface area (Å²) in [5.41, 5.74) is 3.95. The number of nitrogens with zero attached hydrogens (tertiary/aromatic N) is 2. The molecule has 3 aromatic carbocycles. The number of carbonyl (C=O) groups is 2. The van der Waals surface area contributed by atoms with E-state index in [1.54, 1.807) is 11.8 Å². The molecule has 1 fully saturated rings. The number of benzene rings is 3. The maximum absolute atomic E-state index is 13.3. The largest absolute Gasteiger partial charge is 0.378 e. The molecule has 2 aliphatic rings. The van der Waals surface area contributed by atoms with Crippen molar-refractivity contribution >= 4 is 40.6 Å². The van der Waals surface area contributed by atoms with Crippen LogP contribution in [0.1, 0.15) is 33.6 Å². The molecule has 1 aliphatic carbocycles. The van der Waals surface area contributed by atoms with E-state index in [1.165, 1.54) is 0 Å². The molecule has 0 atom stereocenters. The number of carbonyl (C=O) groups excluding carboxylic acids is 2. The molecule has 1 saturated carbocycles. The Morgan fingerprint density at radius 1 is 1.00 bits per heavy atom. The summed E-state index contributed by atoms with van der Waals surface area (Å²) in [4.78, 5) is 31.9. The van der Waals surface area contributed by atoms with Crippen LogP contribution in [-0.4, -0.2) is 32.0 Å². The summed E-state index contributed by atoms with van der Waals surface area (Å²) < 4.78 is 0. The van der Waals surface area contributed by atoms with E-state index < -0.39 is 0 Å². The number of fused-ring (bicyclic) bond motifs is 2. The third-order valence-corrected chi connectivity index (χ3v) is 6.69. The number of anilines is 3. The maximum Gasteiger partial charge on any atom is 0.259 e. The number of amides is 2. The van der Waals surface area contributed by atoms with Crippen molar-refractivity contribution in [1.29, 1.82) is 0 Å². The highest BCUT2D eigenvalue weighted by atomic mass is 32.2. The predicted octanol–water partition coefficient (Wildman–Crippen LogP) is 5.28. The molecule has 0 aromatic heterocycles. The predicted molar refractivity (Wildman–Crippen MR) is 126 cm³/mol. The maximum atomic E-state index is 13.3. The molecule has 6 heteroatoms. The molecule has 2 amide bonds. The third-order valence-electron chi connectivity index (χ3n) is 5.57. The first-order valence-electron chi connectivity index (χ1n) is 10.3. The minimum Gasteiger partial charge on any atom is -0.378 e. The lowest BCUT2D eigenvalue weighted by molar-refractivity contribution is 0.0981. The summed E-state index contributed by atoms with van der Waals surface area (Å²) >= 11 is 1.58. The quantitative estimate of drug-likeness (QED) is 0.613. The highest BCUT2D eigenvalue weighted by molar-refractivity contribution is 7.99. The van der Waals surface area contributed by atoms with Gasteiger partial charge in [-0.25, -0.2) is 0 Å². The second-order valence-electron chi connectivity index (χ2n) is 8.09. The molecule has 0 saturated heterocycles. The lowest BCUT2D eigenvalue weighted by atomic mass is 10.1. The molecule has 1 heterocycles. The highest BCUT2D eigenvalue weighted by Crippen LogP contribution is 2.46. The van der Waals surface area contributed by atoms with Crippen LogP contribution in [0.25, 0.3) is 0 Å². The number of rotatable bonds is 4.